The van der Waals surface area contributed by atoms with Crippen molar-refractivity contribution >= 4 is 0 Å². The number of nitrogens with one attached hydrogen (secondary N) is 1. The molecule has 2 nitrogen and oxygen atoms in total. The molecule has 23 heavy (non-hydrogen) atoms. The molecule has 3 rings (SSSR count). The van der Waals surface area contributed by atoms with Gasteiger partial charge in [0.05, 0.1) is 0 Å². The summed E-state index contributed by atoms with van der Waals surface area (Å²) in [6.07, 6.45) is 2.40. The molecule has 1 unspecified atom stereocenters. The molecule has 2 atom stereocenters. The molecule has 0 spiro atoms. The molecule has 2 saturated heterocycles. The molecule has 1 aromatic carbocycles. The van der Waals surface area contributed by atoms with Crippen molar-refractivity contribution in [2.24, 2.45) is 17.3 Å². The number of hydrogen-bond acceptors (Lipinski definition) is 2. The molecule has 2 fully saturated rings. The van der Waals surface area contributed by atoms with E-state index in [1.807, 2.05) is 12.1 Å². The molecule has 0 radical (unpaired) electrons. The molecule has 1 N–H and O–H groups in total. The minimum Gasteiger partial charge on any atom is -0.316 e. The average Bonchev–Trinajstić information content (AvgIpc) is 2.97. The number of piperidine rings is 1. The van der Waals surface area contributed by atoms with E-state index in [-0.39, 0.29) is 5.82 Å². The van der Waals surface area contributed by atoms with Crippen LogP contribution in [0.4, 0.5) is 4.39 Å². The topological polar surface area (TPSA) is 15.3 Å². The Morgan fingerprint density at radius 2 is 1.74 bits per heavy atom. The molecule has 0 bridgehead atoms. The van der Waals surface area contributed by atoms with Crippen LogP contribution in [0.25, 0.3) is 0 Å². The van der Waals surface area contributed by atoms with E-state index in [9.17, 15) is 4.39 Å². The quantitative estimate of drug-likeness (QED) is 0.909. The van der Waals surface area contributed by atoms with Gasteiger partial charge in [0, 0.05) is 6.54 Å². The van der Waals surface area contributed by atoms with Crippen molar-refractivity contribution in [1.82, 2.24) is 10.2 Å². The molecule has 2 aliphatic rings. The minimum absolute atomic E-state index is 0.131. The van der Waals surface area contributed by atoms with Gasteiger partial charge in [-0.2, -0.15) is 0 Å². The Morgan fingerprint density at radius 3 is 2.35 bits per heavy atom. The summed E-state index contributed by atoms with van der Waals surface area (Å²) in [5.74, 6) is 2.02. The molecule has 0 amide bonds. The third-order valence-electron chi connectivity index (χ3n) is 5.87. The molecule has 0 saturated carbocycles. The van der Waals surface area contributed by atoms with Gasteiger partial charge in [-0.05, 0) is 79.9 Å². The zero-order valence-electron chi connectivity index (χ0n) is 14.8. The Labute approximate surface area is 140 Å². The Bertz CT molecular complexity index is 497. The Balaban J connectivity index is 1.52. The summed E-state index contributed by atoms with van der Waals surface area (Å²) in [6.45, 7) is 13.0. The summed E-state index contributed by atoms with van der Waals surface area (Å²) in [7, 11) is 0. The van der Waals surface area contributed by atoms with Crippen molar-refractivity contribution in [2.75, 3.05) is 32.7 Å². The SMILES string of the molecule is CC(C)(C)[C@@H]1CNCC1CN1CCC(c2ccc(F)cc2)CC1. The summed E-state index contributed by atoms with van der Waals surface area (Å²) in [5.41, 5.74) is 1.70. The number of halogens is 1. The number of likely N-dealkylation sites (tertiary alicyclic amines) is 1. The van der Waals surface area contributed by atoms with Crippen molar-refractivity contribution in [3.63, 3.8) is 0 Å². The van der Waals surface area contributed by atoms with Crippen molar-refractivity contribution in [2.45, 2.75) is 39.5 Å². The number of hydrogen-bond donors (Lipinski definition) is 1. The van der Waals surface area contributed by atoms with Crippen LogP contribution in [0.15, 0.2) is 24.3 Å². The molecule has 128 valence electrons. The first kappa shape index (κ1) is 16.9. The summed E-state index contributed by atoms with van der Waals surface area (Å²) < 4.78 is 13.1. The van der Waals surface area contributed by atoms with E-state index in [1.54, 1.807) is 12.1 Å². The number of rotatable bonds is 3. The van der Waals surface area contributed by atoms with Gasteiger partial charge in [-0.1, -0.05) is 32.9 Å². The highest BCUT2D eigenvalue weighted by atomic mass is 19.1. The van der Waals surface area contributed by atoms with Crippen LogP contribution in [0.5, 0.6) is 0 Å². The lowest BCUT2D eigenvalue weighted by atomic mass is 9.74. The average molecular weight is 318 g/mol. The second-order valence-corrected chi connectivity index (χ2v) is 8.52. The predicted octanol–water partition coefficient (Wildman–Crippen LogP) is 3.89. The molecule has 1 aromatic rings. The third kappa shape index (κ3) is 4.13. The molecular weight excluding hydrogens is 287 g/mol. The smallest absolute Gasteiger partial charge is 0.123 e. The highest BCUT2D eigenvalue weighted by molar-refractivity contribution is 5.21. The largest absolute Gasteiger partial charge is 0.316 e. The van der Waals surface area contributed by atoms with E-state index in [2.05, 4.69) is 31.0 Å². The Morgan fingerprint density at radius 1 is 1.09 bits per heavy atom. The maximum absolute atomic E-state index is 13.1. The lowest BCUT2D eigenvalue weighted by Crippen LogP contribution is -2.40. The van der Waals surface area contributed by atoms with Crippen LogP contribution < -0.4 is 5.32 Å². The summed E-state index contributed by atoms with van der Waals surface area (Å²) in [5, 5.41) is 3.60. The van der Waals surface area contributed by atoms with Gasteiger partial charge >= 0.3 is 0 Å². The molecule has 2 aliphatic heterocycles. The second-order valence-electron chi connectivity index (χ2n) is 8.52. The fourth-order valence-corrected chi connectivity index (χ4v) is 4.45. The zero-order valence-corrected chi connectivity index (χ0v) is 14.8. The fraction of sp³-hybridized carbons (Fsp3) is 0.700. The fourth-order valence-electron chi connectivity index (χ4n) is 4.45. The van der Waals surface area contributed by atoms with Crippen molar-refractivity contribution in [3.05, 3.63) is 35.6 Å². The molecule has 2 heterocycles. The Hall–Kier alpha value is -0.930. The van der Waals surface area contributed by atoms with E-state index in [4.69, 9.17) is 0 Å². The van der Waals surface area contributed by atoms with Gasteiger partial charge in [0.25, 0.3) is 0 Å². The molecule has 3 heteroatoms. The van der Waals surface area contributed by atoms with E-state index < -0.39 is 0 Å². The van der Waals surface area contributed by atoms with Gasteiger partial charge in [0.15, 0.2) is 0 Å². The van der Waals surface area contributed by atoms with Crippen LogP contribution in [0.3, 0.4) is 0 Å². The van der Waals surface area contributed by atoms with Crippen molar-refractivity contribution in [3.8, 4) is 0 Å². The lowest BCUT2D eigenvalue weighted by molar-refractivity contribution is 0.130. The summed E-state index contributed by atoms with van der Waals surface area (Å²) in [4.78, 5) is 2.65. The normalized spacial score (nSPS) is 27.5. The van der Waals surface area contributed by atoms with Crippen LogP contribution in [-0.2, 0) is 0 Å². The molecule has 0 aromatic heterocycles. The van der Waals surface area contributed by atoms with Gasteiger partial charge in [0.1, 0.15) is 5.82 Å². The molecular formula is C20H31FN2. The summed E-state index contributed by atoms with van der Waals surface area (Å²) >= 11 is 0. The third-order valence-corrected chi connectivity index (χ3v) is 5.87. The maximum atomic E-state index is 13.1. The minimum atomic E-state index is -0.131. The van der Waals surface area contributed by atoms with Crippen LogP contribution in [0.1, 0.15) is 45.1 Å². The monoisotopic (exact) mass is 318 g/mol. The first-order valence-corrected chi connectivity index (χ1v) is 9.12. The van der Waals surface area contributed by atoms with E-state index in [0.717, 1.165) is 11.8 Å². The van der Waals surface area contributed by atoms with Crippen molar-refractivity contribution in [1.29, 1.82) is 0 Å². The van der Waals surface area contributed by atoms with Gasteiger partial charge < -0.3 is 10.2 Å². The Kier molecular flexibility index (Phi) is 5.07. The van der Waals surface area contributed by atoms with Crippen LogP contribution >= 0.6 is 0 Å². The van der Waals surface area contributed by atoms with E-state index in [1.165, 1.54) is 51.1 Å². The first-order chi connectivity index (χ1) is 10.9. The highest BCUT2D eigenvalue weighted by Crippen LogP contribution is 2.36. The lowest BCUT2D eigenvalue weighted by Gasteiger charge is -2.37. The maximum Gasteiger partial charge on any atom is 0.123 e. The first-order valence-electron chi connectivity index (χ1n) is 9.12. The summed E-state index contributed by atoms with van der Waals surface area (Å²) in [6, 6.07) is 7.12. The van der Waals surface area contributed by atoms with E-state index in [0.29, 0.717) is 11.3 Å². The zero-order chi connectivity index (χ0) is 16.4. The molecule has 0 aliphatic carbocycles. The van der Waals surface area contributed by atoms with Crippen LogP contribution in [0.2, 0.25) is 0 Å². The van der Waals surface area contributed by atoms with E-state index >= 15 is 0 Å². The van der Waals surface area contributed by atoms with Gasteiger partial charge in [-0.15, -0.1) is 0 Å². The second kappa shape index (κ2) is 6.90. The van der Waals surface area contributed by atoms with Gasteiger partial charge in [-0.3, -0.25) is 0 Å². The van der Waals surface area contributed by atoms with Gasteiger partial charge in [0.2, 0.25) is 0 Å². The van der Waals surface area contributed by atoms with Crippen LogP contribution in [-0.4, -0.2) is 37.6 Å². The van der Waals surface area contributed by atoms with Crippen molar-refractivity contribution < 1.29 is 4.39 Å². The number of benzene rings is 1. The number of nitrogens with zero attached hydrogens (tertiary/aromatic N) is 1. The highest BCUT2D eigenvalue weighted by Gasteiger charge is 2.37. The predicted molar refractivity (Wildman–Crippen MR) is 94.1 cm³/mol. The standard InChI is InChI=1S/C20H31FN2/c1-20(2,3)19-13-22-12-17(19)14-23-10-8-16(9-11-23)15-4-6-18(21)7-5-15/h4-7,16-17,19,22H,8-14H2,1-3H3/t17?,19-/m1/s1. The van der Waals surface area contributed by atoms with Crippen LogP contribution in [0, 0.1) is 23.1 Å². The van der Waals surface area contributed by atoms with Gasteiger partial charge in [-0.25, -0.2) is 4.39 Å².